The first kappa shape index (κ1) is 14.9. The van der Waals surface area contributed by atoms with Gasteiger partial charge in [-0.15, -0.1) is 11.3 Å². The number of nitrogens with zero attached hydrogens (tertiary/aromatic N) is 3. The maximum Gasteiger partial charge on any atom is 0.260 e. The van der Waals surface area contributed by atoms with Crippen LogP contribution in [0.25, 0.3) is 11.0 Å². The molecule has 1 amide bonds. The predicted octanol–water partition coefficient (Wildman–Crippen LogP) is 3.40. The number of nitrogens with one attached hydrogen (secondary N) is 1. The highest BCUT2D eigenvalue weighted by Gasteiger charge is 2.07. The number of hydrogen-bond acceptors (Lipinski definition) is 4. The minimum absolute atomic E-state index is 0.182. The lowest BCUT2D eigenvalue weighted by atomic mass is 10.3. The normalized spacial score (nSPS) is 11.8. The molecule has 0 atom stereocenters. The second kappa shape index (κ2) is 6.41. The van der Waals surface area contributed by atoms with Crippen LogP contribution in [-0.4, -0.2) is 21.2 Å². The van der Waals surface area contributed by atoms with Gasteiger partial charge in [0, 0.05) is 0 Å². The first-order valence-electron chi connectivity index (χ1n) is 6.62. The summed E-state index contributed by atoms with van der Waals surface area (Å²) in [6, 6.07) is 11.6. The summed E-state index contributed by atoms with van der Waals surface area (Å²) in [5.74, 6) is -0.182. The van der Waals surface area contributed by atoms with Crippen LogP contribution < -0.4 is 5.43 Å². The molecule has 1 N–H and O–H groups in total. The van der Waals surface area contributed by atoms with Gasteiger partial charge >= 0.3 is 0 Å². The number of amides is 1. The Morgan fingerprint density at radius 1 is 1.36 bits per heavy atom. The van der Waals surface area contributed by atoms with Gasteiger partial charge in [0.1, 0.15) is 6.54 Å². The van der Waals surface area contributed by atoms with E-state index < -0.39 is 0 Å². The number of carbonyl (C=O) groups excluding carboxylic acids is 1. The lowest BCUT2D eigenvalue weighted by Crippen LogP contribution is -2.23. The van der Waals surface area contributed by atoms with E-state index in [9.17, 15) is 4.79 Å². The third-order valence-electron chi connectivity index (χ3n) is 3.12. The third-order valence-corrected chi connectivity index (χ3v) is 4.85. The number of thiophene rings is 1. The second-order valence-electron chi connectivity index (χ2n) is 4.70. The Labute approximate surface area is 139 Å². The van der Waals surface area contributed by atoms with Gasteiger partial charge in [0.25, 0.3) is 5.91 Å². The highest BCUT2D eigenvalue weighted by atomic mass is 79.9. The van der Waals surface area contributed by atoms with Crippen LogP contribution in [0.5, 0.6) is 0 Å². The van der Waals surface area contributed by atoms with Crippen LogP contribution in [0.3, 0.4) is 0 Å². The molecule has 0 saturated heterocycles. The lowest BCUT2D eigenvalue weighted by Gasteiger charge is -2.04. The predicted molar refractivity (Wildman–Crippen MR) is 92.1 cm³/mol. The van der Waals surface area contributed by atoms with Crippen molar-refractivity contribution in [2.45, 2.75) is 13.5 Å². The van der Waals surface area contributed by atoms with Crippen LogP contribution in [0.15, 0.2) is 51.6 Å². The van der Waals surface area contributed by atoms with Crippen molar-refractivity contribution >= 4 is 49.9 Å². The monoisotopic (exact) mass is 376 g/mol. The van der Waals surface area contributed by atoms with E-state index in [0.717, 1.165) is 25.4 Å². The van der Waals surface area contributed by atoms with E-state index in [1.165, 1.54) is 0 Å². The van der Waals surface area contributed by atoms with Gasteiger partial charge < -0.3 is 4.57 Å². The quantitative estimate of drug-likeness (QED) is 0.560. The van der Waals surface area contributed by atoms with E-state index in [1.54, 1.807) is 22.2 Å². The summed E-state index contributed by atoms with van der Waals surface area (Å²) in [4.78, 5) is 17.3. The molecule has 112 valence electrons. The number of fused-ring (bicyclic) bond motifs is 1. The van der Waals surface area contributed by atoms with Crippen molar-refractivity contribution in [3.8, 4) is 0 Å². The standard InChI is InChI=1S/C15H13BrN4OS/c1-10(13-6-7-14(16)22-13)18-19-15(21)8-20-9-17-11-4-2-3-5-12(11)20/h2-7,9H,8H2,1H3,(H,19,21)/b18-10-. The van der Waals surface area contributed by atoms with Crippen molar-refractivity contribution in [2.24, 2.45) is 5.10 Å². The van der Waals surface area contributed by atoms with Crippen LogP contribution in [0.1, 0.15) is 11.8 Å². The van der Waals surface area contributed by atoms with Gasteiger partial charge in [-0.1, -0.05) is 12.1 Å². The number of rotatable bonds is 4. The highest BCUT2D eigenvalue weighted by Crippen LogP contribution is 2.22. The molecule has 0 aliphatic heterocycles. The molecule has 3 rings (SSSR count). The van der Waals surface area contributed by atoms with Gasteiger partial charge in [0.05, 0.1) is 31.7 Å². The van der Waals surface area contributed by atoms with Gasteiger partial charge in [-0.25, -0.2) is 10.4 Å². The van der Waals surface area contributed by atoms with Crippen molar-refractivity contribution in [1.82, 2.24) is 15.0 Å². The molecule has 7 heteroatoms. The van der Waals surface area contributed by atoms with Gasteiger partial charge in [0.15, 0.2) is 0 Å². The summed E-state index contributed by atoms with van der Waals surface area (Å²) < 4.78 is 2.84. The number of imidazole rings is 1. The number of halogens is 1. The van der Waals surface area contributed by atoms with Crippen molar-refractivity contribution < 1.29 is 4.79 Å². The summed E-state index contributed by atoms with van der Waals surface area (Å²) in [6.07, 6.45) is 1.66. The molecular weight excluding hydrogens is 364 g/mol. The largest absolute Gasteiger partial charge is 0.321 e. The molecular formula is C15H13BrN4OS. The molecule has 22 heavy (non-hydrogen) atoms. The van der Waals surface area contributed by atoms with Gasteiger partial charge in [0.2, 0.25) is 0 Å². The molecule has 0 bridgehead atoms. The fourth-order valence-electron chi connectivity index (χ4n) is 2.04. The van der Waals surface area contributed by atoms with Crippen LogP contribution >= 0.6 is 27.3 Å². The maximum atomic E-state index is 12.0. The molecule has 5 nitrogen and oxygen atoms in total. The maximum absolute atomic E-state index is 12.0. The Balaban J connectivity index is 1.68. The van der Waals surface area contributed by atoms with Crippen LogP contribution in [0.4, 0.5) is 0 Å². The van der Waals surface area contributed by atoms with E-state index in [-0.39, 0.29) is 12.5 Å². The van der Waals surface area contributed by atoms with Crippen molar-refractivity contribution in [1.29, 1.82) is 0 Å². The number of hydrazone groups is 1. The minimum Gasteiger partial charge on any atom is -0.321 e. The van der Waals surface area contributed by atoms with E-state index in [1.807, 2.05) is 43.3 Å². The molecule has 0 saturated carbocycles. The Hall–Kier alpha value is -1.99. The first-order valence-corrected chi connectivity index (χ1v) is 8.23. The van der Waals surface area contributed by atoms with Crippen molar-refractivity contribution in [2.75, 3.05) is 0 Å². The Bertz CT molecular complexity index is 852. The number of carbonyl (C=O) groups is 1. The van der Waals surface area contributed by atoms with Gasteiger partial charge in [-0.2, -0.15) is 5.10 Å². The molecule has 3 aromatic rings. The highest BCUT2D eigenvalue weighted by molar-refractivity contribution is 9.11. The third kappa shape index (κ3) is 3.26. The Morgan fingerprint density at radius 2 is 2.18 bits per heavy atom. The van der Waals surface area contributed by atoms with Gasteiger partial charge in [-0.3, -0.25) is 4.79 Å². The smallest absolute Gasteiger partial charge is 0.260 e. The van der Waals surface area contributed by atoms with E-state index in [4.69, 9.17) is 0 Å². The Morgan fingerprint density at radius 3 is 2.95 bits per heavy atom. The van der Waals surface area contributed by atoms with E-state index in [2.05, 4.69) is 31.4 Å². The number of hydrogen-bond donors (Lipinski definition) is 1. The zero-order valence-electron chi connectivity index (χ0n) is 11.8. The van der Waals surface area contributed by atoms with Crippen molar-refractivity contribution in [3.63, 3.8) is 0 Å². The summed E-state index contributed by atoms with van der Waals surface area (Å²) in [6.45, 7) is 2.05. The summed E-state index contributed by atoms with van der Waals surface area (Å²) >= 11 is 4.98. The van der Waals surface area contributed by atoms with Crippen LogP contribution in [0.2, 0.25) is 0 Å². The number of benzene rings is 1. The Kier molecular flexibility index (Phi) is 4.35. The molecule has 0 fully saturated rings. The molecule has 1 aromatic carbocycles. The summed E-state index contributed by atoms with van der Waals surface area (Å²) in [5.41, 5.74) is 5.17. The van der Waals surface area contributed by atoms with E-state index >= 15 is 0 Å². The van der Waals surface area contributed by atoms with Crippen molar-refractivity contribution in [3.05, 3.63) is 51.4 Å². The number of aromatic nitrogens is 2. The first-order chi connectivity index (χ1) is 10.6. The SMILES string of the molecule is C/C(=N/NC(=O)Cn1cnc2ccccc21)c1ccc(Br)s1. The molecule has 0 unspecified atom stereocenters. The summed E-state index contributed by atoms with van der Waals surface area (Å²) in [7, 11) is 0. The molecule has 0 radical (unpaired) electrons. The molecule has 0 spiro atoms. The zero-order valence-corrected chi connectivity index (χ0v) is 14.2. The van der Waals surface area contributed by atoms with Crippen LogP contribution in [-0.2, 0) is 11.3 Å². The minimum atomic E-state index is -0.182. The van der Waals surface area contributed by atoms with Gasteiger partial charge in [-0.05, 0) is 47.1 Å². The topological polar surface area (TPSA) is 59.3 Å². The molecule has 2 aromatic heterocycles. The molecule has 0 aliphatic carbocycles. The lowest BCUT2D eigenvalue weighted by molar-refractivity contribution is -0.121. The second-order valence-corrected chi connectivity index (χ2v) is 7.16. The molecule has 2 heterocycles. The number of para-hydroxylation sites is 2. The fourth-order valence-corrected chi connectivity index (χ4v) is 3.37. The average molecular weight is 377 g/mol. The van der Waals surface area contributed by atoms with Crippen LogP contribution in [0, 0.1) is 0 Å². The molecule has 0 aliphatic rings. The zero-order chi connectivity index (χ0) is 15.5. The fraction of sp³-hybridized carbons (Fsp3) is 0.133. The summed E-state index contributed by atoms with van der Waals surface area (Å²) in [5, 5.41) is 4.14. The van der Waals surface area contributed by atoms with E-state index in [0.29, 0.717) is 0 Å². The average Bonchev–Trinajstić information content (AvgIpc) is 3.12.